The van der Waals surface area contributed by atoms with Crippen molar-refractivity contribution in [2.24, 2.45) is 0 Å². The van der Waals surface area contributed by atoms with Gasteiger partial charge in [0.15, 0.2) is 5.82 Å². The molecule has 0 spiro atoms. The molecule has 25 heavy (non-hydrogen) atoms. The Morgan fingerprint density at radius 1 is 1.44 bits per heavy atom. The van der Waals surface area contributed by atoms with Gasteiger partial charge >= 0.3 is 0 Å². The number of nitrogens with one attached hydrogen (secondary N) is 1. The fourth-order valence-corrected chi connectivity index (χ4v) is 3.60. The maximum absolute atomic E-state index is 12.3. The van der Waals surface area contributed by atoms with Crippen LogP contribution in [0.2, 0.25) is 5.02 Å². The van der Waals surface area contributed by atoms with Gasteiger partial charge in [0.05, 0.1) is 5.25 Å². The van der Waals surface area contributed by atoms with Gasteiger partial charge < -0.3 is 9.64 Å². The van der Waals surface area contributed by atoms with Crippen molar-refractivity contribution in [2.75, 3.05) is 13.1 Å². The number of benzene rings is 1. The summed E-state index contributed by atoms with van der Waals surface area (Å²) >= 11 is 7.37. The van der Waals surface area contributed by atoms with Crippen molar-refractivity contribution < 1.29 is 9.53 Å². The Hall–Kier alpha value is -1.73. The van der Waals surface area contributed by atoms with E-state index in [4.69, 9.17) is 16.3 Å². The Bertz CT molecular complexity index is 746. The van der Waals surface area contributed by atoms with E-state index in [1.165, 1.54) is 11.8 Å². The van der Waals surface area contributed by atoms with Gasteiger partial charge in [-0.25, -0.2) is 4.98 Å². The SMILES string of the molecule is Cc1cc(OCc2nc(S[C@@H](C)C(=O)N3CCCC3)n[nH]2)ccc1Cl. The van der Waals surface area contributed by atoms with Crippen LogP contribution in [0, 0.1) is 6.92 Å². The lowest BCUT2D eigenvalue weighted by Crippen LogP contribution is -2.34. The standard InChI is InChI=1S/C17H21ClN4O2S/c1-11-9-13(5-6-14(11)18)24-10-15-19-17(21-20-15)25-12(2)16(23)22-7-3-4-8-22/h5-6,9,12H,3-4,7-8,10H2,1-2H3,(H,19,20,21)/t12-/m0/s1. The number of halogens is 1. The molecule has 1 aliphatic heterocycles. The lowest BCUT2D eigenvalue weighted by atomic mass is 10.2. The van der Waals surface area contributed by atoms with Crippen molar-refractivity contribution in [3.05, 3.63) is 34.6 Å². The number of hydrogen-bond acceptors (Lipinski definition) is 5. The van der Waals surface area contributed by atoms with Gasteiger partial charge in [0.1, 0.15) is 12.4 Å². The van der Waals surface area contributed by atoms with Crippen LogP contribution >= 0.6 is 23.4 Å². The number of likely N-dealkylation sites (tertiary alicyclic amines) is 1. The number of aromatic nitrogens is 3. The molecule has 1 amide bonds. The second-order valence-electron chi connectivity index (χ2n) is 6.06. The minimum atomic E-state index is -0.193. The van der Waals surface area contributed by atoms with E-state index in [-0.39, 0.29) is 17.8 Å². The van der Waals surface area contributed by atoms with E-state index >= 15 is 0 Å². The van der Waals surface area contributed by atoms with Crippen LogP contribution in [0.3, 0.4) is 0 Å². The molecule has 1 aromatic carbocycles. The molecule has 2 heterocycles. The maximum atomic E-state index is 12.3. The second-order valence-corrected chi connectivity index (χ2v) is 7.77. The summed E-state index contributed by atoms with van der Waals surface area (Å²) in [6.07, 6.45) is 2.19. The van der Waals surface area contributed by atoms with E-state index in [0.717, 1.165) is 37.2 Å². The van der Waals surface area contributed by atoms with Crippen LogP contribution in [0.5, 0.6) is 5.75 Å². The molecule has 1 aliphatic rings. The molecule has 1 aromatic heterocycles. The van der Waals surface area contributed by atoms with Crippen molar-refractivity contribution in [1.82, 2.24) is 20.1 Å². The fraction of sp³-hybridized carbons (Fsp3) is 0.471. The molecule has 0 aliphatic carbocycles. The van der Waals surface area contributed by atoms with Crippen molar-refractivity contribution in [3.63, 3.8) is 0 Å². The summed E-state index contributed by atoms with van der Waals surface area (Å²) in [5, 5.41) is 8.10. The van der Waals surface area contributed by atoms with Crippen LogP contribution in [0.4, 0.5) is 0 Å². The summed E-state index contributed by atoms with van der Waals surface area (Å²) in [6, 6.07) is 5.50. The second kappa shape index (κ2) is 8.10. The molecule has 0 radical (unpaired) electrons. The number of hydrogen-bond donors (Lipinski definition) is 1. The van der Waals surface area contributed by atoms with Gasteiger partial charge in [-0.3, -0.25) is 9.89 Å². The lowest BCUT2D eigenvalue weighted by Gasteiger charge is -2.18. The predicted molar refractivity (Wildman–Crippen MR) is 98.0 cm³/mol. The van der Waals surface area contributed by atoms with Gasteiger partial charge in [-0.05, 0) is 50.5 Å². The molecule has 1 N–H and O–H groups in total. The molecule has 1 fully saturated rings. The number of carbonyl (C=O) groups is 1. The van der Waals surface area contributed by atoms with E-state index in [2.05, 4.69) is 15.2 Å². The quantitative estimate of drug-likeness (QED) is 0.777. The van der Waals surface area contributed by atoms with Crippen molar-refractivity contribution in [3.8, 4) is 5.75 Å². The zero-order chi connectivity index (χ0) is 17.8. The summed E-state index contributed by atoms with van der Waals surface area (Å²) < 4.78 is 5.70. The van der Waals surface area contributed by atoms with Crippen LogP contribution in [0.25, 0.3) is 0 Å². The molecule has 0 saturated carbocycles. The highest BCUT2D eigenvalue weighted by Crippen LogP contribution is 2.24. The van der Waals surface area contributed by atoms with Crippen LogP contribution in [-0.2, 0) is 11.4 Å². The van der Waals surface area contributed by atoms with E-state index < -0.39 is 0 Å². The summed E-state index contributed by atoms with van der Waals surface area (Å²) in [5.41, 5.74) is 0.960. The number of nitrogens with zero attached hydrogens (tertiary/aromatic N) is 3. The Labute approximate surface area is 156 Å². The summed E-state index contributed by atoms with van der Waals surface area (Å²) in [5.74, 6) is 1.50. The number of aryl methyl sites for hydroxylation is 1. The Morgan fingerprint density at radius 3 is 2.92 bits per heavy atom. The highest BCUT2D eigenvalue weighted by atomic mass is 35.5. The molecule has 1 saturated heterocycles. The average molecular weight is 381 g/mol. The molecule has 2 aromatic rings. The summed E-state index contributed by atoms with van der Waals surface area (Å²) in [4.78, 5) is 18.6. The van der Waals surface area contributed by atoms with Crippen LogP contribution < -0.4 is 4.74 Å². The zero-order valence-corrected chi connectivity index (χ0v) is 15.9. The topological polar surface area (TPSA) is 71.1 Å². The van der Waals surface area contributed by atoms with Crippen LogP contribution in [0.15, 0.2) is 23.4 Å². The first-order chi connectivity index (χ1) is 12.0. The number of amides is 1. The Morgan fingerprint density at radius 2 is 2.20 bits per heavy atom. The van der Waals surface area contributed by atoms with Gasteiger partial charge in [0.25, 0.3) is 0 Å². The van der Waals surface area contributed by atoms with Crippen molar-refractivity contribution in [1.29, 1.82) is 0 Å². The number of H-pyrrole nitrogens is 1. The highest BCUT2D eigenvalue weighted by Gasteiger charge is 2.25. The average Bonchev–Trinajstić information content (AvgIpc) is 3.27. The third-order valence-corrected chi connectivity index (χ3v) is 5.44. The first kappa shape index (κ1) is 18.1. The molecule has 1 atom stereocenters. The van der Waals surface area contributed by atoms with E-state index in [1.54, 1.807) is 6.07 Å². The third kappa shape index (κ3) is 4.67. The molecule has 3 rings (SSSR count). The van der Waals surface area contributed by atoms with Gasteiger partial charge in [0.2, 0.25) is 11.1 Å². The molecule has 0 bridgehead atoms. The van der Waals surface area contributed by atoms with Gasteiger partial charge in [0, 0.05) is 18.1 Å². The Kier molecular flexibility index (Phi) is 5.86. The summed E-state index contributed by atoms with van der Waals surface area (Å²) in [7, 11) is 0. The van der Waals surface area contributed by atoms with Crippen LogP contribution in [0.1, 0.15) is 31.2 Å². The van der Waals surface area contributed by atoms with Gasteiger partial charge in [-0.1, -0.05) is 23.4 Å². The lowest BCUT2D eigenvalue weighted by molar-refractivity contribution is -0.129. The van der Waals surface area contributed by atoms with Crippen molar-refractivity contribution >= 4 is 29.3 Å². The normalized spacial score (nSPS) is 15.4. The fourth-order valence-electron chi connectivity index (χ4n) is 2.66. The molecule has 6 nitrogen and oxygen atoms in total. The Balaban J connectivity index is 1.53. The first-order valence-corrected chi connectivity index (χ1v) is 9.54. The molecule has 0 unspecified atom stereocenters. The van der Waals surface area contributed by atoms with Gasteiger partial charge in [-0.15, -0.1) is 5.10 Å². The van der Waals surface area contributed by atoms with E-state index in [9.17, 15) is 4.79 Å². The third-order valence-electron chi connectivity index (χ3n) is 4.06. The number of ether oxygens (including phenoxy) is 1. The van der Waals surface area contributed by atoms with Crippen LogP contribution in [-0.4, -0.2) is 44.3 Å². The van der Waals surface area contributed by atoms with E-state index in [1.807, 2.05) is 30.9 Å². The monoisotopic (exact) mass is 380 g/mol. The molecular formula is C17H21ClN4O2S. The van der Waals surface area contributed by atoms with Gasteiger partial charge in [-0.2, -0.15) is 0 Å². The number of rotatable bonds is 6. The summed E-state index contributed by atoms with van der Waals surface area (Å²) in [6.45, 7) is 5.82. The van der Waals surface area contributed by atoms with Crippen molar-refractivity contribution in [2.45, 2.75) is 43.7 Å². The number of aromatic amines is 1. The molecule has 134 valence electrons. The predicted octanol–water partition coefficient (Wildman–Crippen LogP) is 3.45. The number of carbonyl (C=O) groups excluding carboxylic acids is 1. The molecular weight excluding hydrogens is 360 g/mol. The first-order valence-electron chi connectivity index (χ1n) is 8.28. The maximum Gasteiger partial charge on any atom is 0.235 e. The number of thioether (sulfide) groups is 1. The smallest absolute Gasteiger partial charge is 0.235 e. The highest BCUT2D eigenvalue weighted by molar-refractivity contribution is 8.00. The minimum absolute atomic E-state index is 0.154. The largest absolute Gasteiger partial charge is 0.486 e. The molecule has 8 heteroatoms. The minimum Gasteiger partial charge on any atom is -0.486 e. The van der Waals surface area contributed by atoms with E-state index in [0.29, 0.717) is 16.0 Å². The zero-order valence-electron chi connectivity index (χ0n) is 14.3.